The molecule has 1 aromatic heterocycles. The summed E-state index contributed by atoms with van der Waals surface area (Å²) in [5.41, 5.74) is 1.03. The van der Waals surface area contributed by atoms with E-state index >= 15 is 0 Å². The van der Waals surface area contributed by atoms with Crippen LogP contribution in [-0.2, 0) is 11.8 Å². The number of rotatable bonds is 2. The SMILES string of the molecule is Cn1nncc1C1CCC(C)(CBr)O1. The first-order valence-corrected chi connectivity index (χ1v) is 5.85. The molecule has 0 bridgehead atoms. The molecule has 0 aliphatic carbocycles. The zero-order valence-electron chi connectivity index (χ0n) is 8.40. The molecular formula is C9H14BrN3O. The predicted octanol–water partition coefficient (Wildman–Crippen LogP) is 1.82. The Labute approximate surface area is 91.8 Å². The van der Waals surface area contributed by atoms with E-state index in [-0.39, 0.29) is 11.7 Å². The van der Waals surface area contributed by atoms with E-state index in [1.54, 1.807) is 10.9 Å². The summed E-state index contributed by atoms with van der Waals surface area (Å²) in [5, 5.41) is 8.65. The second-order valence-electron chi connectivity index (χ2n) is 4.01. The highest BCUT2D eigenvalue weighted by atomic mass is 79.9. The van der Waals surface area contributed by atoms with Crippen LogP contribution in [0.25, 0.3) is 0 Å². The Bertz CT molecular complexity index is 328. The van der Waals surface area contributed by atoms with Crippen LogP contribution in [0.4, 0.5) is 0 Å². The fourth-order valence-corrected chi connectivity index (χ4v) is 2.21. The van der Waals surface area contributed by atoms with Crippen molar-refractivity contribution < 1.29 is 4.74 Å². The van der Waals surface area contributed by atoms with E-state index in [2.05, 4.69) is 33.2 Å². The fraction of sp³-hybridized carbons (Fsp3) is 0.778. The van der Waals surface area contributed by atoms with Gasteiger partial charge in [0.25, 0.3) is 0 Å². The van der Waals surface area contributed by atoms with Crippen LogP contribution in [0.3, 0.4) is 0 Å². The molecule has 5 heteroatoms. The number of hydrogen-bond acceptors (Lipinski definition) is 3. The third-order valence-corrected chi connectivity index (χ3v) is 3.91. The van der Waals surface area contributed by atoms with Crippen LogP contribution in [0, 0.1) is 0 Å². The van der Waals surface area contributed by atoms with E-state index in [0.717, 1.165) is 23.9 Å². The summed E-state index contributed by atoms with van der Waals surface area (Å²) in [5.74, 6) is 0. The van der Waals surface area contributed by atoms with Gasteiger partial charge in [0, 0.05) is 12.4 Å². The third-order valence-electron chi connectivity index (χ3n) is 2.72. The summed E-state index contributed by atoms with van der Waals surface area (Å²) in [4.78, 5) is 0. The molecule has 1 saturated heterocycles. The summed E-state index contributed by atoms with van der Waals surface area (Å²) >= 11 is 3.48. The lowest BCUT2D eigenvalue weighted by Crippen LogP contribution is -2.25. The summed E-state index contributed by atoms with van der Waals surface area (Å²) in [6.45, 7) is 2.13. The van der Waals surface area contributed by atoms with E-state index in [4.69, 9.17) is 4.74 Å². The van der Waals surface area contributed by atoms with Gasteiger partial charge in [0.1, 0.15) is 6.10 Å². The molecule has 1 fully saturated rings. The van der Waals surface area contributed by atoms with E-state index in [1.165, 1.54) is 0 Å². The van der Waals surface area contributed by atoms with Gasteiger partial charge in [0.15, 0.2) is 0 Å². The zero-order valence-corrected chi connectivity index (χ0v) is 9.99. The summed E-state index contributed by atoms with van der Waals surface area (Å²) in [7, 11) is 1.90. The molecule has 2 heterocycles. The molecule has 1 aliphatic heterocycles. The van der Waals surface area contributed by atoms with E-state index in [0.29, 0.717) is 0 Å². The average molecular weight is 260 g/mol. The topological polar surface area (TPSA) is 39.9 Å². The Morgan fingerprint density at radius 3 is 3.07 bits per heavy atom. The maximum absolute atomic E-state index is 5.98. The fourth-order valence-electron chi connectivity index (χ4n) is 1.79. The average Bonchev–Trinajstić information content (AvgIpc) is 2.73. The van der Waals surface area contributed by atoms with Gasteiger partial charge in [-0.15, -0.1) is 5.10 Å². The van der Waals surface area contributed by atoms with Crippen LogP contribution in [0.15, 0.2) is 6.20 Å². The van der Waals surface area contributed by atoms with Crippen molar-refractivity contribution in [2.45, 2.75) is 31.5 Å². The van der Waals surface area contributed by atoms with Crippen LogP contribution in [0.2, 0.25) is 0 Å². The van der Waals surface area contributed by atoms with Crippen molar-refractivity contribution in [3.05, 3.63) is 11.9 Å². The number of nitrogens with zero attached hydrogens (tertiary/aromatic N) is 3. The van der Waals surface area contributed by atoms with Gasteiger partial charge in [-0.05, 0) is 19.8 Å². The van der Waals surface area contributed by atoms with Gasteiger partial charge in [0.2, 0.25) is 0 Å². The second-order valence-corrected chi connectivity index (χ2v) is 4.57. The Kier molecular flexibility index (Phi) is 2.62. The summed E-state index contributed by atoms with van der Waals surface area (Å²) in [6.07, 6.45) is 4.06. The molecule has 0 aromatic carbocycles. The molecular weight excluding hydrogens is 246 g/mol. The molecule has 2 unspecified atom stereocenters. The molecule has 2 atom stereocenters. The number of aryl methyl sites for hydroxylation is 1. The van der Waals surface area contributed by atoms with Crippen molar-refractivity contribution >= 4 is 15.9 Å². The molecule has 1 aliphatic rings. The van der Waals surface area contributed by atoms with Crippen LogP contribution in [0.1, 0.15) is 31.6 Å². The van der Waals surface area contributed by atoms with Crippen molar-refractivity contribution in [3.8, 4) is 0 Å². The minimum Gasteiger partial charge on any atom is -0.365 e. The second kappa shape index (κ2) is 3.62. The van der Waals surface area contributed by atoms with Gasteiger partial charge in [0.05, 0.1) is 17.5 Å². The number of ether oxygens (including phenoxy) is 1. The lowest BCUT2D eigenvalue weighted by molar-refractivity contribution is -0.0154. The Balaban J connectivity index is 2.13. The minimum absolute atomic E-state index is 0.0328. The maximum atomic E-state index is 5.98. The predicted molar refractivity (Wildman–Crippen MR) is 56.3 cm³/mol. The van der Waals surface area contributed by atoms with E-state index in [9.17, 15) is 0 Å². The number of aromatic nitrogens is 3. The first kappa shape index (κ1) is 10.1. The van der Waals surface area contributed by atoms with Crippen LogP contribution in [-0.4, -0.2) is 25.9 Å². The third kappa shape index (κ3) is 1.70. The molecule has 0 amide bonds. The largest absolute Gasteiger partial charge is 0.365 e. The van der Waals surface area contributed by atoms with Crippen molar-refractivity contribution in [2.75, 3.05) is 5.33 Å². The minimum atomic E-state index is -0.0328. The standard InChI is InChI=1S/C9H14BrN3O/c1-9(6-10)4-3-8(14-9)7-5-11-12-13(7)2/h5,8H,3-4,6H2,1-2H3. The molecule has 78 valence electrons. The van der Waals surface area contributed by atoms with Gasteiger partial charge in [-0.25, -0.2) is 4.68 Å². The van der Waals surface area contributed by atoms with Crippen molar-refractivity contribution in [3.63, 3.8) is 0 Å². The highest BCUT2D eigenvalue weighted by Crippen LogP contribution is 2.39. The highest BCUT2D eigenvalue weighted by Gasteiger charge is 2.37. The van der Waals surface area contributed by atoms with Gasteiger partial charge >= 0.3 is 0 Å². The van der Waals surface area contributed by atoms with Crippen molar-refractivity contribution in [1.82, 2.24) is 15.0 Å². The Morgan fingerprint density at radius 2 is 2.57 bits per heavy atom. The lowest BCUT2D eigenvalue weighted by Gasteiger charge is -2.21. The number of alkyl halides is 1. The van der Waals surface area contributed by atoms with Crippen molar-refractivity contribution in [1.29, 1.82) is 0 Å². The Morgan fingerprint density at radius 1 is 1.79 bits per heavy atom. The smallest absolute Gasteiger partial charge is 0.102 e. The molecule has 4 nitrogen and oxygen atoms in total. The molecule has 2 rings (SSSR count). The molecule has 0 N–H and O–H groups in total. The van der Waals surface area contributed by atoms with E-state index < -0.39 is 0 Å². The molecule has 0 radical (unpaired) electrons. The van der Waals surface area contributed by atoms with E-state index in [1.807, 2.05) is 7.05 Å². The maximum Gasteiger partial charge on any atom is 0.102 e. The monoisotopic (exact) mass is 259 g/mol. The Hall–Kier alpha value is -0.420. The lowest BCUT2D eigenvalue weighted by atomic mass is 10.0. The molecule has 1 aromatic rings. The van der Waals surface area contributed by atoms with Gasteiger partial charge in [-0.3, -0.25) is 0 Å². The molecule has 14 heavy (non-hydrogen) atoms. The summed E-state index contributed by atoms with van der Waals surface area (Å²) in [6, 6.07) is 0. The normalized spacial score (nSPS) is 32.4. The highest BCUT2D eigenvalue weighted by molar-refractivity contribution is 9.09. The van der Waals surface area contributed by atoms with Gasteiger partial charge in [-0.2, -0.15) is 0 Å². The van der Waals surface area contributed by atoms with Crippen molar-refractivity contribution in [2.24, 2.45) is 7.05 Å². The van der Waals surface area contributed by atoms with Gasteiger partial charge < -0.3 is 4.74 Å². The van der Waals surface area contributed by atoms with Crippen LogP contribution in [0.5, 0.6) is 0 Å². The summed E-state index contributed by atoms with van der Waals surface area (Å²) < 4.78 is 7.76. The first-order chi connectivity index (χ1) is 6.64. The first-order valence-electron chi connectivity index (χ1n) is 4.73. The quantitative estimate of drug-likeness (QED) is 0.761. The zero-order chi connectivity index (χ0) is 10.2. The van der Waals surface area contributed by atoms with Crippen LogP contribution < -0.4 is 0 Å². The van der Waals surface area contributed by atoms with Crippen LogP contribution >= 0.6 is 15.9 Å². The number of halogens is 1. The number of hydrogen-bond donors (Lipinski definition) is 0. The molecule has 0 spiro atoms. The molecule has 0 saturated carbocycles. The van der Waals surface area contributed by atoms with Gasteiger partial charge in [-0.1, -0.05) is 21.1 Å².